The molecule has 0 amide bonds. The fourth-order valence-corrected chi connectivity index (χ4v) is 1.55. The molecular weight excluding hydrogens is 210 g/mol. The number of rotatable bonds is 7. The maximum absolute atomic E-state index is 5.79. The van der Waals surface area contributed by atoms with Crippen molar-refractivity contribution >= 4 is 0 Å². The molecule has 1 aromatic carbocycles. The average Bonchev–Trinajstić information content (AvgIpc) is 2.27. The van der Waals surface area contributed by atoms with E-state index in [4.69, 9.17) is 4.74 Å². The van der Waals surface area contributed by atoms with Crippen molar-refractivity contribution < 1.29 is 4.74 Å². The standard InChI is InChI=1S/C15H25NO/c1-13(2)10-16-11-15(3,4)12-17-14-8-6-5-7-9-14/h5-9,13,16H,10-12H2,1-4H3. The van der Waals surface area contributed by atoms with Gasteiger partial charge in [-0.2, -0.15) is 0 Å². The third kappa shape index (κ3) is 6.32. The van der Waals surface area contributed by atoms with Gasteiger partial charge >= 0.3 is 0 Å². The lowest BCUT2D eigenvalue weighted by atomic mass is 9.94. The van der Waals surface area contributed by atoms with Crippen molar-refractivity contribution in [3.05, 3.63) is 30.3 Å². The Morgan fingerprint density at radius 1 is 1.18 bits per heavy atom. The molecule has 0 spiro atoms. The van der Waals surface area contributed by atoms with Gasteiger partial charge < -0.3 is 10.1 Å². The van der Waals surface area contributed by atoms with Gasteiger partial charge in [-0.3, -0.25) is 0 Å². The predicted molar refractivity (Wildman–Crippen MR) is 73.4 cm³/mol. The monoisotopic (exact) mass is 235 g/mol. The van der Waals surface area contributed by atoms with Gasteiger partial charge in [0.2, 0.25) is 0 Å². The van der Waals surface area contributed by atoms with Crippen LogP contribution in [0.1, 0.15) is 27.7 Å². The number of para-hydroxylation sites is 1. The fraction of sp³-hybridized carbons (Fsp3) is 0.600. The minimum Gasteiger partial charge on any atom is -0.493 e. The SMILES string of the molecule is CC(C)CNCC(C)(C)COc1ccccc1. The number of benzene rings is 1. The summed E-state index contributed by atoms with van der Waals surface area (Å²) in [4.78, 5) is 0. The third-order valence-electron chi connectivity index (χ3n) is 2.53. The van der Waals surface area contributed by atoms with Gasteiger partial charge in [0.15, 0.2) is 0 Å². The van der Waals surface area contributed by atoms with Crippen molar-refractivity contribution in [2.75, 3.05) is 19.7 Å². The highest BCUT2D eigenvalue weighted by molar-refractivity contribution is 5.20. The van der Waals surface area contributed by atoms with Gasteiger partial charge in [0.05, 0.1) is 6.61 Å². The van der Waals surface area contributed by atoms with Gasteiger partial charge in [0.1, 0.15) is 5.75 Å². The lowest BCUT2D eigenvalue weighted by molar-refractivity contribution is 0.175. The first-order chi connectivity index (χ1) is 7.99. The van der Waals surface area contributed by atoms with Crippen LogP contribution in [0.3, 0.4) is 0 Å². The Kier molecular flexibility index (Phi) is 5.49. The topological polar surface area (TPSA) is 21.3 Å². The van der Waals surface area contributed by atoms with Crippen molar-refractivity contribution in [3.8, 4) is 5.75 Å². The van der Waals surface area contributed by atoms with E-state index in [0.29, 0.717) is 5.92 Å². The molecule has 1 N–H and O–H groups in total. The molecule has 0 radical (unpaired) electrons. The minimum atomic E-state index is 0.157. The van der Waals surface area contributed by atoms with Crippen molar-refractivity contribution in [2.24, 2.45) is 11.3 Å². The molecule has 2 heteroatoms. The van der Waals surface area contributed by atoms with Crippen molar-refractivity contribution in [3.63, 3.8) is 0 Å². The first-order valence-electron chi connectivity index (χ1n) is 6.38. The minimum absolute atomic E-state index is 0.157. The zero-order valence-corrected chi connectivity index (χ0v) is 11.5. The van der Waals surface area contributed by atoms with Crippen molar-refractivity contribution in [2.45, 2.75) is 27.7 Å². The molecule has 17 heavy (non-hydrogen) atoms. The highest BCUT2D eigenvalue weighted by atomic mass is 16.5. The summed E-state index contributed by atoms with van der Waals surface area (Å²) < 4.78 is 5.79. The maximum Gasteiger partial charge on any atom is 0.119 e. The van der Waals surface area contributed by atoms with E-state index in [2.05, 4.69) is 33.0 Å². The van der Waals surface area contributed by atoms with E-state index in [1.807, 2.05) is 30.3 Å². The number of nitrogens with one attached hydrogen (secondary N) is 1. The molecule has 0 aliphatic heterocycles. The molecule has 0 heterocycles. The maximum atomic E-state index is 5.79. The fourth-order valence-electron chi connectivity index (χ4n) is 1.55. The molecule has 0 aliphatic rings. The molecule has 96 valence electrons. The van der Waals surface area contributed by atoms with Gasteiger partial charge in [0.25, 0.3) is 0 Å². The summed E-state index contributed by atoms with van der Waals surface area (Å²) in [6.07, 6.45) is 0. The number of hydrogen-bond donors (Lipinski definition) is 1. The first kappa shape index (κ1) is 14.0. The highest BCUT2D eigenvalue weighted by Gasteiger charge is 2.18. The Labute approximate surface area is 105 Å². The van der Waals surface area contributed by atoms with E-state index < -0.39 is 0 Å². The third-order valence-corrected chi connectivity index (χ3v) is 2.53. The van der Waals surface area contributed by atoms with Gasteiger partial charge in [0, 0.05) is 12.0 Å². The largest absolute Gasteiger partial charge is 0.493 e. The second-order valence-electron chi connectivity index (χ2n) is 5.79. The van der Waals surface area contributed by atoms with Crippen LogP contribution in [0.5, 0.6) is 5.75 Å². The smallest absolute Gasteiger partial charge is 0.119 e. The molecule has 0 saturated heterocycles. The average molecular weight is 235 g/mol. The molecule has 0 aromatic heterocycles. The molecule has 2 nitrogen and oxygen atoms in total. The Bertz CT molecular complexity index is 306. The van der Waals surface area contributed by atoms with Crippen molar-refractivity contribution in [1.82, 2.24) is 5.32 Å². The van der Waals surface area contributed by atoms with E-state index in [1.54, 1.807) is 0 Å². The summed E-state index contributed by atoms with van der Waals surface area (Å²) in [6.45, 7) is 11.7. The van der Waals surface area contributed by atoms with E-state index >= 15 is 0 Å². The lowest BCUT2D eigenvalue weighted by Crippen LogP contribution is -2.35. The molecule has 0 fully saturated rings. The zero-order valence-electron chi connectivity index (χ0n) is 11.5. The molecule has 1 rings (SSSR count). The van der Waals surface area contributed by atoms with Crippen LogP contribution in [0, 0.1) is 11.3 Å². The first-order valence-corrected chi connectivity index (χ1v) is 6.38. The van der Waals surface area contributed by atoms with Crippen molar-refractivity contribution in [1.29, 1.82) is 0 Å². The van der Waals surface area contributed by atoms with Gasteiger partial charge in [-0.15, -0.1) is 0 Å². The lowest BCUT2D eigenvalue weighted by Gasteiger charge is -2.25. The van der Waals surface area contributed by atoms with E-state index in [-0.39, 0.29) is 5.41 Å². The van der Waals surface area contributed by atoms with Crippen LogP contribution in [-0.2, 0) is 0 Å². The quantitative estimate of drug-likeness (QED) is 0.782. The Morgan fingerprint density at radius 2 is 1.82 bits per heavy atom. The summed E-state index contributed by atoms with van der Waals surface area (Å²) in [5, 5.41) is 3.48. The van der Waals surface area contributed by atoms with Gasteiger partial charge in [-0.05, 0) is 24.6 Å². The van der Waals surface area contributed by atoms with Crippen LogP contribution in [0.2, 0.25) is 0 Å². The van der Waals surface area contributed by atoms with Crippen LogP contribution >= 0.6 is 0 Å². The van der Waals surface area contributed by atoms with Crippen LogP contribution < -0.4 is 10.1 Å². The second-order valence-corrected chi connectivity index (χ2v) is 5.79. The summed E-state index contributed by atoms with van der Waals surface area (Å²) in [5.74, 6) is 1.64. The number of hydrogen-bond acceptors (Lipinski definition) is 2. The molecule has 0 atom stereocenters. The van der Waals surface area contributed by atoms with E-state index in [9.17, 15) is 0 Å². The Balaban J connectivity index is 2.29. The molecule has 0 saturated carbocycles. The number of ether oxygens (including phenoxy) is 1. The second kappa shape index (κ2) is 6.65. The molecule has 0 aliphatic carbocycles. The zero-order chi connectivity index (χ0) is 12.7. The van der Waals surface area contributed by atoms with Crippen LogP contribution in [0.25, 0.3) is 0 Å². The molecule has 1 aromatic rings. The molecular formula is C15H25NO. The van der Waals surface area contributed by atoms with Crippen LogP contribution in [0.4, 0.5) is 0 Å². The van der Waals surface area contributed by atoms with Crippen LogP contribution in [0.15, 0.2) is 30.3 Å². The predicted octanol–water partition coefficient (Wildman–Crippen LogP) is 3.34. The summed E-state index contributed by atoms with van der Waals surface area (Å²) in [7, 11) is 0. The van der Waals surface area contributed by atoms with E-state index in [0.717, 1.165) is 25.4 Å². The van der Waals surface area contributed by atoms with Crippen LogP contribution in [-0.4, -0.2) is 19.7 Å². The van der Waals surface area contributed by atoms with Gasteiger partial charge in [-0.25, -0.2) is 0 Å². The summed E-state index contributed by atoms with van der Waals surface area (Å²) in [5.41, 5.74) is 0.157. The Morgan fingerprint density at radius 3 is 2.41 bits per heavy atom. The van der Waals surface area contributed by atoms with E-state index in [1.165, 1.54) is 0 Å². The highest BCUT2D eigenvalue weighted by Crippen LogP contribution is 2.17. The summed E-state index contributed by atoms with van der Waals surface area (Å²) >= 11 is 0. The van der Waals surface area contributed by atoms with Gasteiger partial charge in [-0.1, -0.05) is 45.9 Å². The molecule has 0 unspecified atom stereocenters. The molecule has 0 bridgehead atoms. The summed E-state index contributed by atoms with van der Waals surface area (Å²) in [6, 6.07) is 10.00. The Hall–Kier alpha value is -1.02. The normalized spacial score (nSPS) is 11.8.